The Morgan fingerprint density at radius 1 is 0.745 bits per heavy atom. The predicted octanol–water partition coefficient (Wildman–Crippen LogP) is 1.68. The van der Waals surface area contributed by atoms with Crippen molar-refractivity contribution in [2.24, 2.45) is 44.3 Å². The molecule has 5 fully saturated rings. The van der Waals surface area contributed by atoms with Crippen molar-refractivity contribution in [2.75, 3.05) is 19.8 Å². The molecule has 0 spiro atoms. The average molecular weight is 781 g/mol. The molecule has 2 saturated heterocycles. The number of ether oxygens (including phenoxy) is 4. The summed E-state index contributed by atoms with van der Waals surface area (Å²) in [7, 11) is 0. The van der Waals surface area contributed by atoms with Crippen molar-refractivity contribution in [1.29, 1.82) is 0 Å². The van der Waals surface area contributed by atoms with Gasteiger partial charge in [-0.25, -0.2) is 0 Å². The first-order valence-electron chi connectivity index (χ1n) is 20.6. The largest absolute Gasteiger partial charge is 0.396 e. The van der Waals surface area contributed by atoms with Crippen molar-refractivity contribution in [2.45, 2.75) is 173 Å². The summed E-state index contributed by atoms with van der Waals surface area (Å²) in [5, 5.41) is 98.1. The van der Waals surface area contributed by atoms with E-state index < -0.39 is 91.1 Å². The van der Waals surface area contributed by atoms with Crippen molar-refractivity contribution >= 4 is 0 Å². The Kier molecular flexibility index (Phi) is 11.0. The summed E-state index contributed by atoms with van der Waals surface area (Å²) in [6.45, 7) is 14.2. The molecule has 314 valence electrons. The zero-order valence-electron chi connectivity index (χ0n) is 33.7. The van der Waals surface area contributed by atoms with E-state index in [1.807, 2.05) is 6.92 Å². The Morgan fingerprint density at radius 3 is 2.09 bits per heavy atom. The molecule has 0 aromatic heterocycles. The lowest BCUT2D eigenvalue weighted by atomic mass is 9.35. The molecule has 13 heteroatoms. The van der Waals surface area contributed by atoms with Crippen molar-refractivity contribution < 1.29 is 64.9 Å². The fraction of sp³-hybridized carbons (Fsp3) is 0.905. The maximum atomic E-state index is 12.0. The zero-order valence-corrected chi connectivity index (χ0v) is 33.7. The van der Waals surface area contributed by atoms with Crippen molar-refractivity contribution in [3.63, 3.8) is 0 Å². The number of rotatable bonds is 7. The number of hydrogen-bond acceptors (Lipinski definition) is 13. The van der Waals surface area contributed by atoms with Crippen LogP contribution in [0.1, 0.15) is 99.8 Å². The highest BCUT2D eigenvalue weighted by atomic mass is 16.7. The molecule has 0 bridgehead atoms. The summed E-state index contributed by atoms with van der Waals surface area (Å²) in [6.07, 6.45) is -4.80. The maximum absolute atomic E-state index is 12.0. The van der Waals surface area contributed by atoms with Crippen molar-refractivity contribution in [3.8, 4) is 0 Å². The summed E-state index contributed by atoms with van der Waals surface area (Å²) >= 11 is 0. The Labute approximate surface area is 325 Å². The monoisotopic (exact) mass is 780 g/mol. The van der Waals surface area contributed by atoms with Gasteiger partial charge in [-0.1, -0.05) is 59.3 Å². The van der Waals surface area contributed by atoms with E-state index in [9.17, 15) is 46.0 Å². The van der Waals surface area contributed by atoms with Crippen LogP contribution in [-0.4, -0.2) is 139 Å². The third-order valence-electron chi connectivity index (χ3n) is 16.8. The lowest BCUT2D eigenvalue weighted by Crippen LogP contribution is -2.67. The van der Waals surface area contributed by atoms with E-state index in [-0.39, 0.29) is 46.7 Å². The second-order valence-corrected chi connectivity index (χ2v) is 20.3. The van der Waals surface area contributed by atoms with E-state index in [0.29, 0.717) is 12.8 Å². The van der Waals surface area contributed by atoms with Gasteiger partial charge >= 0.3 is 0 Å². The first kappa shape index (κ1) is 42.1. The van der Waals surface area contributed by atoms with Gasteiger partial charge in [-0.05, 0) is 91.9 Å². The first-order valence-corrected chi connectivity index (χ1v) is 20.6. The molecule has 19 atom stereocenters. The summed E-state index contributed by atoms with van der Waals surface area (Å²) in [5.74, 6) is 0.113. The van der Waals surface area contributed by atoms with Crippen molar-refractivity contribution in [1.82, 2.24) is 0 Å². The van der Waals surface area contributed by atoms with Crippen LogP contribution in [0.5, 0.6) is 0 Å². The van der Waals surface area contributed by atoms with E-state index in [0.717, 1.165) is 38.5 Å². The van der Waals surface area contributed by atoms with Crippen LogP contribution in [0, 0.1) is 44.3 Å². The highest BCUT2D eigenvalue weighted by Crippen LogP contribution is 2.74. The molecule has 0 aromatic carbocycles. The van der Waals surface area contributed by atoms with Crippen LogP contribution < -0.4 is 0 Å². The Bertz CT molecular complexity index is 1500. The van der Waals surface area contributed by atoms with E-state index >= 15 is 0 Å². The highest BCUT2D eigenvalue weighted by Gasteiger charge is 2.69. The number of aliphatic hydroxyl groups excluding tert-OH is 9. The van der Waals surface area contributed by atoms with Gasteiger partial charge in [0.05, 0.1) is 38.1 Å². The van der Waals surface area contributed by atoms with Crippen molar-refractivity contribution in [3.05, 3.63) is 23.3 Å². The van der Waals surface area contributed by atoms with Crippen LogP contribution >= 0.6 is 0 Å². The summed E-state index contributed by atoms with van der Waals surface area (Å²) in [5.41, 5.74) is 0.374. The second kappa shape index (κ2) is 14.3. The highest BCUT2D eigenvalue weighted by molar-refractivity contribution is 5.47. The third-order valence-corrected chi connectivity index (χ3v) is 16.8. The molecule has 55 heavy (non-hydrogen) atoms. The molecular weight excluding hydrogens is 712 g/mol. The molecule has 0 unspecified atom stereocenters. The quantitative estimate of drug-likeness (QED) is 0.168. The van der Waals surface area contributed by atoms with Gasteiger partial charge in [-0.2, -0.15) is 0 Å². The SMILES string of the molecule is C[C@H]1O[C@@H](O[C@H]2[C@@H](O)[C@@H](CO)O[C@@H](O[C@H]3CC[C@@]4(C)[C@@H](CC[C@]5(C)[C@@H]4C=CC4=C6CC(C)(C)CC[C@]6(CO)[C@@H](O)C[C@]45C)[C@]3(C)CO)[C@@H]2O)[C@H](O)[C@@H](O)[C@@H]1O. The van der Waals surface area contributed by atoms with E-state index in [1.54, 1.807) is 0 Å². The smallest absolute Gasteiger partial charge is 0.187 e. The molecule has 2 heterocycles. The fourth-order valence-electron chi connectivity index (χ4n) is 13.0. The molecule has 13 nitrogen and oxygen atoms in total. The van der Waals surface area contributed by atoms with Gasteiger partial charge in [0.1, 0.15) is 42.7 Å². The Morgan fingerprint density at radius 2 is 1.44 bits per heavy atom. The number of aliphatic hydroxyl groups is 9. The van der Waals surface area contributed by atoms with Gasteiger partial charge in [0.15, 0.2) is 12.6 Å². The fourth-order valence-corrected chi connectivity index (χ4v) is 13.0. The third kappa shape index (κ3) is 6.12. The number of allylic oxidation sites excluding steroid dienone is 3. The normalized spacial score (nSPS) is 54.9. The minimum Gasteiger partial charge on any atom is -0.396 e. The summed E-state index contributed by atoms with van der Waals surface area (Å²) in [6, 6.07) is 0. The van der Waals surface area contributed by atoms with Gasteiger partial charge in [0.2, 0.25) is 0 Å². The van der Waals surface area contributed by atoms with Crippen LogP contribution in [0.3, 0.4) is 0 Å². The van der Waals surface area contributed by atoms with Crippen LogP contribution in [0.15, 0.2) is 23.3 Å². The molecule has 0 aromatic rings. The first-order chi connectivity index (χ1) is 25.7. The lowest BCUT2D eigenvalue weighted by Gasteiger charge is -2.70. The molecule has 9 N–H and O–H groups in total. The van der Waals surface area contributed by atoms with Crippen LogP contribution in [0.2, 0.25) is 0 Å². The van der Waals surface area contributed by atoms with E-state index in [4.69, 9.17) is 18.9 Å². The lowest BCUT2D eigenvalue weighted by molar-refractivity contribution is -0.368. The molecule has 2 aliphatic heterocycles. The number of hydrogen-bond donors (Lipinski definition) is 9. The van der Waals surface area contributed by atoms with Gasteiger partial charge < -0.3 is 64.9 Å². The molecule has 3 saturated carbocycles. The molecular formula is C42H68O13. The number of fused-ring (bicyclic) bond motifs is 6. The molecule has 0 radical (unpaired) electrons. The van der Waals surface area contributed by atoms with E-state index in [2.05, 4.69) is 46.8 Å². The minimum absolute atomic E-state index is 0.00450. The minimum atomic E-state index is -1.68. The Balaban J connectivity index is 1.16. The van der Waals surface area contributed by atoms with Gasteiger partial charge in [-0.3, -0.25) is 0 Å². The summed E-state index contributed by atoms with van der Waals surface area (Å²) in [4.78, 5) is 0. The maximum Gasteiger partial charge on any atom is 0.187 e. The molecule has 7 aliphatic rings. The van der Waals surface area contributed by atoms with Crippen LogP contribution in [0.25, 0.3) is 0 Å². The van der Waals surface area contributed by atoms with Gasteiger partial charge in [0.25, 0.3) is 0 Å². The zero-order chi connectivity index (χ0) is 40.3. The standard InChI is InChI=1S/C42H68O13/c1-21-29(47)31(49)32(50)35(52-21)55-34-30(48)24(18-43)53-36(33(34)51)54-28-11-12-38(4)25(39(28,5)19-44)10-13-40(6)26(38)9-8-22-23-16-37(2,3)14-15-42(23,20-45)27(46)17-41(22,40)7/h8-9,21,24-36,43-51H,10-20H2,1-7H3/t21-,24-,25-,26-,27+,28+,29-,30+,31+,32-,33-,34+,35+,36+,38+,39+,40-,41-,42-/m1/s1. The van der Waals surface area contributed by atoms with Crippen LogP contribution in [-0.2, 0) is 18.9 Å². The predicted molar refractivity (Wildman–Crippen MR) is 199 cm³/mol. The van der Waals surface area contributed by atoms with Gasteiger partial charge in [0, 0.05) is 16.2 Å². The molecule has 5 aliphatic carbocycles. The molecule has 0 amide bonds. The van der Waals surface area contributed by atoms with E-state index in [1.165, 1.54) is 18.1 Å². The topological polar surface area (TPSA) is 219 Å². The summed E-state index contributed by atoms with van der Waals surface area (Å²) < 4.78 is 24.0. The van der Waals surface area contributed by atoms with Crippen LogP contribution in [0.4, 0.5) is 0 Å². The average Bonchev–Trinajstić information content (AvgIpc) is 3.13. The van der Waals surface area contributed by atoms with Gasteiger partial charge in [-0.15, -0.1) is 0 Å². The molecule has 7 rings (SSSR count). The second-order valence-electron chi connectivity index (χ2n) is 20.3. The Hall–Kier alpha value is -1.04.